The average molecular weight is 332 g/mol. The summed E-state index contributed by atoms with van der Waals surface area (Å²) in [5, 5.41) is 0. The molecule has 5 nitrogen and oxygen atoms in total. The van der Waals surface area contributed by atoms with Crippen molar-refractivity contribution < 1.29 is 14.2 Å². The van der Waals surface area contributed by atoms with Crippen LogP contribution in [0.3, 0.4) is 0 Å². The first-order chi connectivity index (χ1) is 11.8. The number of hydrogen-bond donors (Lipinski definition) is 0. The Bertz CT molecular complexity index is 542. The molecule has 3 aliphatic rings. The zero-order chi connectivity index (χ0) is 16.5. The van der Waals surface area contributed by atoms with Crippen molar-refractivity contribution in [3.63, 3.8) is 0 Å². The zero-order valence-corrected chi connectivity index (χ0v) is 14.7. The molecule has 132 valence electrons. The van der Waals surface area contributed by atoms with E-state index >= 15 is 0 Å². The topological polar surface area (TPSA) is 34.2 Å². The van der Waals surface area contributed by atoms with Crippen LogP contribution in [0, 0.1) is 11.8 Å². The number of nitrogens with zero attached hydrogens (tertiary/aromatic N) is 2. The molecule has 0 spiro atoms. The Hall–Kier alpha value is -1.14. The Labute approximate surface area is 144 Å². The van der Waals surface area contributed by atoms with Crippen LogP contribution in [0.4, 0.5) is 0 Å². The van der Waals surface area contributed by atoms with Crippen LogP contribution in [0.1, 0.15) is 11.6 Å². The molecule has 0 saturated carbocycles. The second-order valence-electron chi connectivity index (χ2n) is 7.34. The van der Waals surface area contributed by atoms with E-state index in [-0.39, 0.29) is 0 Å². The lowest BCUT2D eigenvalue weighted by atomic mass is 9.89. The molecule has 24 heavy (non-hydrogen) atoms. The lowest BCUT2D eigenvalue weighted by molar-refractivity contribution is 0.0757. The summed E-state index contributed by atoms with van der Waals surface area (Å²) < 4.78 is 16.7. The number of methoxy groups -OCH3 is 1. The highest BCUT2D eigenvalue weighted by molar-refractivity contribution is 5.30. The SMILES string of the molecule is COc1ccc([C@H]2[C@@H]3CN(C4COCCOC4)C[C@@H]3CN2C)cc1. The van der Waals surface area contributed by atoms with Gasteiger partial charge in [-0.15, -0.1) is 0 Å². The summed E-state index contributed by atoms with van der Waals surface area (Å²) in [7, 11) is 3.98. The minimum Gasteiger partial charge on any atom is -0.497 e. The summed E-state index contributed by atoms with van der Waals surface area (Å²) in [5.41, 5.74) is 1.40. The third kappa shape index (κ3) is 3.06. The van der Waals surface area contributed by atoms with Gasteiger partial charge in [-0.05, 0) is 36.6 Å². The van der Waals surface area contributed by atoms with Gasteiger partial charge in [0.15, 0.2) is 0 Å². The third-order valence-electron chi connectivity index (χ3n) is 5.89. The molecule has 3 heterocycles. The number of fused-ring (bicyclic) bond motifs is 1. The van der Waals surface area contributed by atoms with E-state index in [0.717, 1.165) is 44.6 Å². The van der Waals surface area contributed by atoms with Crippen LogP contribution in [-0.4, -0.2) is 76.1 Å². The number of likely N-dealkylation sites (tertiary alicyclic amines) is 2. The monoisotopic (exact) mass is 332 g/mol. The van der Waals surface area contributed by atoms with E-state index in [2.05, 4.69) is 41.1 Å². The van der Waals surface area contributed by atoms with Crippen molar-refractivity contribution in [3.8, 4) is 5.75 Å². The van der Waals surface area contributed by atoms with Crippen LogP contribution in [0.15, 0.2) is 24.3 Å². The van der Waals surface area contributed by atoms with Crippen molar-refractivity contribution in [2.45, 2.75) is 12.1 Å². The third-order valence-corrected chi connectivity index (χ3v) is 5.89. The summed E-state index contributed by atoms with van der Waals surface area (Å²) in [6.45, 7) is 6.56. The first-order valence-corrected chi connectivity index (χ1v) is 9.00. The van der Waals surface area contributed by atoms with Crippen molar-refractivity contribution in [2.75, 3.05) is 60.2 Å². The highest BCUT2D eigenvalue weighted by Crippen LogP contribution is 2.44. The Morgan fingerprint density at radius 2 is 1.71 bits per heavy atom. The van der Waals surface area contributed by atoms with Gasteiger partial charge in [-0.3, -0.25) is 9.80 Å². The van der Waals surface area contributed by atoms with Gasteiger partial charge in [0.05, 0.1) is 39.6 Å². The van der Waals surface area contributed by atoms with Gasteiger partial charge in [0.2, 0.25) is 0 Å². The van der Waals surface area contributed by atoms with Gasteiger partial charge in [-0.1, -0.05) is 12.1 Å². The Kier molecular flexibility index (Phi) is 4.77. The van der Waals surface area contributed by atoms with E-state index in [9.17, 15) is 0 Å². The first-order valence-electron chi connectivity index (χ1n) is 9.00. The highest BCUT2D eigenvalue weighted by atomic mass is 16.5. The number of benzene rings is 1. The first kappa shape index (κ1) is 16.3. The van der Waals surface area contributed by atoms with Gasteiger partial charge in [0, 0.05) is 25.7 Å². The second kappa shape index (κ2) is 7.00. The standard InChI is InChI=1S/C19H28N2O3/c1-20-9-15-10-21(16-12-23-7-8-24-13-16)11-18(15)19(20)14-3-5-17(22-2)6-4-14/h3-6,15-16,18-19H,7-13H2,1-2H3/t15-,18+,19-/m0/s1. The van der Waals surface area contributed by atoms with E-state index in [1.165, 1.54) is 18.7 Å². The lowest BCUT2D eigenvalue weighted by Gasteiger charge is -2.30. The van der Waals surface area contributed by atoms with Crippen molar-refractivity contribution >= 4 is 0 Å². The maximum Gasteiger partial charge on any atom is 0.118 e. The molecular formula is C19H28N2O3. The highest BCUT2D eigenvalue weighted by Gasteiger charge is 2.47. The zero-order valence-electron chi connectivity index (χ0n) is 14.7. The van der Waals surface area contributed by atoms with Gasteiger partial charge in [0.1, 0.15) is 5.75 Å². The van der Waals surface area contributed by atoms with Crippen LogP contribution in [0.25, 0.3) is 0 Å². The van der Waals surface area contributed by atoms with Crippen molar-refractivity contribution in [2.24, 2.45) is 11.8 Å². The average Bonchev–Trinajstić information content (AvgIpc) is 2.99. The molecule has 0 unspecified atom stereocenters. The summed E-state index contributed by atoms with van der Waals surface area (Å²) in [5.74, 6) is 2.36. The van der Waals surface area contributed by atoms with E-state index in [0.29, 0.717) is 18.0 Å². The molecule has 1 aromatic rings. The van der Waals surface area contributed by atoms with Crippen molar-refractivity contribution in [1.82, 2.24) is 9.80 Å². The van der Waals surface area contributed by atoms with E-state index in [1.807, 2.05) is 0 Å². The minimum atomic E-state index is 0.417. The van der Waals surface area contributed by atoms with Crippen molar-refractivity contribution in [3.05, 3.63) is 29.8 Å². The second-order valence-corrected chi connectivity index (χ2v) is 7.34. The molecule has 1 aromatic carbocycles. The number of rotatable bonds is 3. The van der Waals surface area contributed by atoms with Gasteiger partial charge < -0.3 is 14.2 Å². The molecule has 5 heteroatoms. The van der Waals surface area contributed by atoms with Gasteiger partial charge in [-0.2, -0.15) is 0 Å². The normalized spacial score (nSPS) is 32.7. The molecule has 0 amide bonds. The minimum absolute atomic E-state index is 0.417. The smallest absolute Gasteiger partial charge is 0.118 e. The molecule has 3 aliphatic heterocycles. The molecule has 3 fully saturated rings. The van der Waals surface area contributed by atoms with E-state index < -0.39 is 0 Å². The number of ether oxygens (including phenoxy) is 3. The Morgan fingerprint density at radius 3 is 2.38 bits per heavy atom. The summed E-state index contributed by atoms with van der Waals surface area (Å²) in [4.78, 5) is 5.12. The van der Waals surface area contributed by atoms with Gasteiger partial charge in [-0.25, -0.2) is 0 Å². The fourth-order valence-corrected chi connectivity index (χ4v) is 4.71. The lowest BCUT2D eigenvalue weighted by Crippen LogP contribution is -2.41. The van der Waals surface area contributed by atoms with E-state index in [1.54, 1.807) is 7.11 Å². The van der Waals surface area contributed by atoms with Crippen LogP contribution >= 0.6 is 0 Å². The predicted molar refractivity (Wildman–Crippen MR) is 92.3 cm³/mol. The maximum atomic E-state index is 5.71. The van der Waals surface area contributed by atoms with Gasteiger partial charge >= 0.3 is 0 Å². The van der Waals surface area contributed by atoms with Crippen LogP contribution in [0.2, 0.25) is 0 Å². The van der Waals surface area contributed by atoms with Crippen LogP contribution < -0.4 is 4.74 Å². The van der Waals surface area contributed by atoms with Crippen LogP contribution in [0.5, 0.6) is 5.75 Å². The van der Waals surface area contributed by atoms with E-state index in [4.69, 9.17) is 14.2 Å². The summed E-state index contributed by atoms with van der Waals surface area (Å²) in [6.07, 6.45) is 0. The Morgan fingerprint density at radius 1 is 1.00 bits per heavy atom. The largest absolute Gasteiger partial charge is 0.497 e. The molecule has 0 radical (unpaired) electrons. The Balaban J connectivity index is 1.48. The fourth-order valence-electron chi connectivity index (χ4n) is 4.71. The molecule has 3 saturated heterocycles. The van der Waals surface area contributed by atoms with Gasteiger partial charge in [0.25, 0.3) is 0 Å². The molecule has 4 rings (SSSR count). The maximum absolute atomic E-state index is 5.71. The van der Waals surface area contributed by atoms with Crippen LogP contribution in [-0.2, 0) is 9.47 Å². The quantitative estimate of drug-likeness (QED) is 0.841. The number of hydrogen-bond acceptors (Lipinski definition) is 5. The molecule has 0 aliphatic carbocycles. The molecule has 0 bridgehead atoms. The summed E-state index contributed by atoms with van der Waals surface area (Å²) in [6, 6.07) is 9.52. The fraction of sp³-hybridized carbons (Fsp3) is 0.684. The molecule has 3 atom stereocenters. The summed E-state index contributed by atoms with van der Waals surface area (Å²) >= 11 is 0. The molecule has 0 aromatic heterocycles. The van der Waals surface area contributed by atoms with Crippen molar-refractivity contribution in [1.29, 1.82) is 0 Å². The predicted octanol–water partition coefficient (Wildman–Crippen LogP) is 1.65. The molecular weight excluding hydrogens is 304 g/mol. The molecule has 0 N–H and O–H groups in total.